The predicted molar refractivity (Wildman–Crippen MR) is 65.8 cm³/mol. The van der Waals surface area contributed by atoms with Gasteiger partial charge in [0.25, 0.3) is 0 Å². The zero-order chi connectivity index (χ0) is 12.5. The molecule has 17 heavy (non-hydrogen) atoms. The molecular formula is C11H14ClNO3S. The molecule has 94 valence electrons. The Morgan fingerprint density at radius 3 is 2.53 bits per heavy atom. The Morgan fingerprint density at radius 2 is 1.94 bits per heavy atom. The highest BCUT2D eigenvalue weighted by atomic mass is 35.5. The third-order valence-corrected chi connectivity index (χ3v) is 5.06. The van der Waals surface area contributed by atoms with E-state index in [9.17, 15) is 8.42 Å². The van der Waals surface area contributed by atoms with Crippen molar-refractivity contribution >= 4 is 21.6 Å². The summed E-state index contributed by atoms with van der Waals surface area (Å²) in [5, 5.41) is 0.575. The number of hydrogen-bond acceptors (Lipinski definition) is 3. The largest absolute Gasteiger partial charge is 0.379 e. The number of aryl methyl sites for hydroxylation is 1. The molecule has 1 aromatic rings. The minimum atomic E-state index is -3.41. The Bertz CT molecular complexity index is 509. The van der Waals surface area contributed by atoms with Gasteiger partial charge in [0, 0.05) is 18.1 Å². The molecule has 0 amide bonds. The van der Waals surface area contributed by atoms with E-state index in [2.05, 4.69) is 0 Å². The van der Waals surface area contributed by atoms with E-state index >= 15 is 0 Å². The van der Waals surface area contributed by atoms with Crippen molar-refractivity contribution in [3.63, 3.8) is 0 Å². The number of halogens is 1. The summed E-state index contributed by atoms with van der Waals surface area (Å²) < 4.78 is 31.1. The van der Waals surface area contributed by atoms with Crippen LogP contribution in [-0.2, 0) is 14.8 Å². The van der Waals surface area contributed by atoms with Crippen molar-refractivity contribution in [1.82, 2.24) is 4.31 Å². The number of sulfonamides is 1. The summed E-state index contributed by atoms with van der Waals surface area (Å²) in [7, 11) is -3.41. The van der Waals surface area contributed by atoms with Gasteiger partial charge in [-0.25, -0.2) is 8.42 Å². The topological polar surface area (TPSA) is 46.6 Å². The first-order valence-corrected chi connectivity index (χ1v) is 7.17. The van der Waals surface area contributed by atoms with Gasteiger partial charge in [-0.2, -0.15) is 4.31 Å². The van der Waals surface area contributed by atoms with Crippen LogP contribution in [0, 0.1) is 6.92 Å². The van der Waals surface area contributed by atoms with Gasteiger partial charge >= 0.3 is 0 Å². The van der Waals surface area contributed by atoms with E-state index in [1.165, 1.54) is 4.31 Å². The fourth-order valence-electron chi connectivity index (χ4n) is 1.71. The van der Waals surface area contributed by atoms with Gasteiger partial charge < -0.3 is 4.74 Å². The van der Waals surface area contributed by atoms with Gasteiger partial charge in [-0.1, -0.05) is 11.6 Å². The summed E-state index contributed by atoms with van der Waals surface area (Å²) in [6, 6.07) is 4.76. The molecule has 0 aliphatic carbocycles. The molecule has 2 rings (SSSR count). The normalized spacial score (nSPS) is 18.2. The van der Waals surface area contributed by atoms with Crippen LogP contribution >= 0.6 is 11.6 Å². The van der Waals surface area contributed by atoms with Crippen molar-refractivity contribution in [3.8, 4) is 0 Å². The zero-order valence-corrected chi connectivity index (χ0v) is 11.1. The third-order valence-electron chi connectivity index (χ3n) is 2.74. The standard InChI is InChI=1S/C11H14ClNO3S/c1-9-8-10(2-3-11(9)12)17(14,15)13-4-6-16-7-5-13/h2-3,8H,4-7H2,1H3. The molecule has 6 heteroatoms. The van der Waals surface area contributed by atoms with Crippen molar-refractivity contribution in [2.24, 2.45) is 0 Å². The monoisotopic (exact) mass is 275 g/mol. The second-order valence-electron chi connectivity index (χ2n) is 3.93. The van der Waals surface area contributed by atoms with Gasteiger partial charge in [0.15, 0.2) is 0 Å². The Labute approximate surface area is 106 Å². The number of nitrogens with zero attached hydrogens (tertiary/aromatic N) is 1. The van der Waals surface area contributed by atoms with Crippen LogP contribution in [0.1, 0.15) is 5.56 Å². The molecule has 1 heterocycles. The molecule has 1 fully saturated rings. The fourth-order valence-corrected chi connectivity index (χ4v) is 3.32. The highest BCUT2D eigenvalue weighted by Crippen LogP contribution is 2.22. The van der Waals surface area contributed by atoms with E-state index in [1.54, 1.807) is 25.1 Å². The number of rotatable bonds is 2. The summed E-state index contributed by atoms with van der Waals surface area (Å²) in [5.74, 6) is 0. The molecule has 0 aromatic heterocycles. The Balaban J connectivity index is 2.33. The second kappa shape index (κ2) is 4.94. The van der Waals surface area contributed by atoms with Gasteiger partial charge in [-0.3, -0.25) is 0 Å². The van der Waals surface area contributed by atoms with Gasteiger partial charge in [-0.15, -0.1) is 0 Å². The third kappa shape index (κ3) is 2.63. The van der Waals surface area contributed by atoms with E-state index in [0.29, 0.717) is 36.2 Å². The van der Waals surface area contributed by atoms with Crippen LogP contribution < -0.4 is 0 Å². The molecule has 0 saturated carbocycles. The van der Waals surface area contributed by atoms with Crippen molar-refractivity contribution in [3.05, 3.63) is 28.8 Å². The minimum absolute atomic E-state index is 0.293. The lowest BCUT2D eigenvalue weighted by atomic mass is 10.2. The minimum Gasteiger partial charge on any atom is -0.379 e. The molecule has 1 aliphatic rings. The number of benzene rings is 1. The van der Waals surface area contributed by atoms with E-state index < -0.39 is 10.0 Å². The SMILES string of the molecule is Cc1cc(S(=O)(=O)N2CCOCC2)ccc1Cl. The number of morpholine rings is 1. The van der Waals surface area contributed by atoms with Crippen LogP contribution in [0.4, 0.5) is 0 Å². The molecule has 1 aromatic carbocycles. The van der Waals surface area contributed by atoms with Crippen LogP contribution in [0.3, 0.4) is 0 Å². The number of ether oxygens (including phenoxy) is 1. The van der Waals surface area contributed by atoms with Gasteiger partial charge in [0.2, 0.25) is 10.0 Å². The summed E-state index contributed by atoms with van der Waals surface area (Å²) in [5.41, 5.74) is 0.765. The van der Waals surface area contributed by atoms with Crippen molar-refractivity contribution < 1.29 is 13.2 Å². The van der Waals surface area contributed by atoms with Crippen LogP contribution in [0.25, 0.3) is 0 Å². The lowest BCUT2D eigenvalue weighted by molar-refractivity contribution is 0.0730. The maximum absolute atomic E-state index is 12.3. The molecule has 1 saturated heterocycles. The molecule has 0 bridgehead atoms. The lowest BCUT2D eigenvalue weighted by Gasteiger charge is -2.26. The molecule has 4 nitrogen and oxygen atoms in total. The molecule has 0 unspecified atom stereocenters. The Morgan fingerprint density at radius 1 is 1.29 bits per heavy atom. The van der Waals surface area contributed by atoms with Crippen LogP contribution in [0.5, 0.6) is 0 Å². The highest BCUT2D eigenvalue weighted by molar-refractivity contribution is 7.89. The Kier molecular flexibility index (Phi) is 3.73. The van der Waals surface area contributed by atoms with Gasteiger partial charge in [-0.05, 0) is 30.7 Å². The molecular weight excluding hydrogens is 262 g/mol. The van der Waals surface area contributed by atoms with E-state index in [0.717, 1.165) is 5.56 Å². The molecule has 0 N–H and O–H groups in total. The van der Waals surface area contributed by atoms with E-state index in [-0.39, 0.29) is 0 Å². The zero-order valence-electron chi connectivity index (χ0n) is 9.52. The molecule has 1 aliphatic heterocycles. The first-order valence-electron chi connectivity index (χ1n) is 5.36. The van der Waals surface area contributed by atoms with Crippen LogP contribution in [0.15, 0.2) is 23.1 Å². The van der Waals surface area contributed by atoms with Crippen molar-refractivity contribution in [2.75, 3.05) is 26.3 Å². The van der Waals surface area contributed by atoms with Crippen LogP contribution in [0.2, 0.25) is 5.02 Å². The molecule has 0 spiro atoms. The Hall–Kier alpha value is -0.620. The summed E-state index contributed by atoms with van der Waals surface area (Å²) >= 11 is 5.89. The number of hydrogen-bond donors (Lipinski definition) is 0. The summed E-state index contributed by atoms with van der Waals surface area (Å²) in [6.45, 7) is 3.51. The second-order valence-corrected chi connectivity index (χ2v) is 6.27. The summed E-state index contributed by atoms with van der Waals surface area (Å²) in [6.07, 6.45) is 0. The first-order chi connectivity index (χ1) is 8.01. The average Bonchev–Trinajstić information content (AvgIpc) is 2.33. The van der Waals surface area contributed by atoms with E-state index in [1.807, 2.05) is 0 Å². The van der Waals surface area contributed by atoms with Crippen molar-refractivity contribution in [1.29, 1.82) is 0 Å². The lowest BCUT2D eigenvalue weighted by Crippen LogP contribution is -2.40. The fraction of sp³-hybridized carbons (Fsp3) is 0.455. The quantitative estimate of drug-likeness (QED) is 0.825. The summed E-state index contributed by atoms with van der Waals surface area (Å²) in [4.78, 5) is 0.293. The van der Waals surface area contributed by atoms with Crippen molar-refractivity contribution in [2.45, 2.75) is 11.8 Å². The maximum atomic E-state index is 12.3. The maximum Gasteiger partial charge on any atom is 0.243 e. The predicted octanol–water partition coefficient (Wildman–Crippen LogP) is 1.67. The van der Waals surface area contributed by atoms with E-state index in [4.69, 9.17) is 16.3 Å². The smallest absolute Gasteiger partial charge is 0.243 e. The highest BCUT2D eigenvalue weighted by Gasteiger charge is 2.26. The molecule has 0 radical (unpaired) electrons. The first kappa shape index (κ1) is 12.8. The van der Waals surface area contributed by atoms with Gasteiger partial charge in [0.05, 0.1) is 18.1 Å². The van der Waals surface area contributed by atoms with Gasteiger partial charge in [0.1, 0.15) is 0 Å². The molecule has 0 atom stereocenters. The average molecular weight is 276 g/mol. The van der Waals surface area contributed by atoms with Crippen LogP contribution in [-0.4, -0.2) is 39.0 Å².